The Hall–Kier alpha value is -0.900. The number of nitrogens with zero attached hydrogens (tertiary/aromatic N) is 1. The summed E-state index contributed by atoms with van der Waals surface area (Å²) in [5.41, 5.74) is 3.79. The summed E-state index contributed by atoms with van der Waals surface area (Å²) in [5, 5.41) is 6.49. The molecule has 0 bridgehead atoms. The molecule has 2 aromatic heterocycles. The number of pyridine rings is 1. The maximum atomic E-state index is 6.44. The molecule has 0 saturated heterocycles. The maximum Gasteiger partial charge on any atom is 0.0590 e. The van der Waals surface area contributed by atoms with Crippen LogP contribution in [0.2, 0.25) is 5.02 Å². The molecule has 1 aliphatic rings. The van der Waals surface area contributed by atoms with Gasteiger partial charge in [0.2, 0.25) is 0 Å². The number of halogens is 1. The van der Waals surface area contributed by atoms with E-state index in [1.165, 1.54) is 21.7 Å². The van der Waals surface area contributed by atoms with Crippen molar-refractivity contribution in [1.29, 1.82) is 0 Å². The Kier molecular flexibility index (Phi) is 3.61. The van der Waals surface area contributed by atoms with E-state index < -0.39 is 0 Å². The first-order chi connectivity index (χ1) is 9.22. The highest BCUT2D eigenvalue weighted by molar-refractivity contribution is 7.10. The van der Waals surface area contributed by atoms with Gasteiger partial charge in [0.15, 0.2) is 0 Å². The summed E-state index contributed by atoms with van der Waals surface area (Å²) in [4.78, 5) is 5.83. The zero-order valence-corrected chi connectivity index (χ0v) is 12.7. The molecule has 2 aromatic rings. The molecule has 1 aliphatic carbocycles. The molecule has 4 heteroatoms. The molecule has 0 aromatic carbocycles. The van der Waals surface area contributed by atoms with Gasteiger partial charge in [0.05, 0.1) is 11.1 Å². The van der Waals surface area contributed by atoms with Gasteiger partial charge in [-0.15, -0.1) is 11.3 Å². The lowest BCUT2D eigenvalue weighted by Crippen LogP contribution is -2.22. The minimum Gasteiger partial charge on any atom is -0.312 e. The summed E-state index contributed by atoms with van der Waals surface area (Å²) >= 11 is 8.19. The standard InChI is InChI=1S/C15H17ClN2S/c1-9-8-19-15(12(9)16)14(17-2)11-6-5-10-4-3-7-18-13(10)11/h3-4,7-8,11,14,17H,5-6H2,1-2H3. The number of aromatic nitrogens is 1. The normalized spacial score (nSPS) is 19.4. The quantitative estimate of drug-likeness (QED) is 0.921. The number of hydrogen-bond acceptors (Lipinski definition) is 3. The van der Waals surface area contributed by atoms with E-state index in [1.807, 2.05) is 19.3 Å². The Balaban J connectivity index is 1.99. The van der Waals surface area contributed by atoms with E-state index in [9.17, 15) is 0 Å². The number of aryl methyl sites for hydroxylation is 2. The van der Waals surface area contributed by atoms with Crippen LogP contribution < -0.4 is 5.32 Å². The lowest BCUT2D eigenvalue weighted by atomic mass is 9.95. The molecule has 2 nitrogen and oxygen atoms in total. The van der Waals surface area contributed by atoms with E-state index in [-0.39, 0.29) is 6.04 Å². The fourth-order valence-corrected chi connectivity index (χ4v) is 4.43. The number of fused-ring (bicyclic) bond motifs is 1. The van der Waals surface area contributed by atoms with E-state index in [1.54, 1.807) is 11.3 Å². The first-order valence-electron chi connectivity index (χ1n) is 6.57. The summed E-state index contributed by atoms with van der Waals surface area (Å²) in [6.07, 6.45) is 4.16. The van der Waals surface area contributed by atoms with E-state index in [4.69, 9.17) is 11.6 Å². The average Bonchev–Trinajstić information content (AvgIpc) is 2.99. The average molecular weight is 293 g/mol. The third kappa shape index (κ3) is 2.20. The molecule has 0 aliphatic heterocycles. The monoisotopic (exact) mass is 292 g/mol. The van der Waals surface area contributed by atoms with Crippen molar-refractivity contribution in [3.05, 3.63) is 50.4 Å². The van der Waals surface area contributed by atoms with Gasteiger partial charge in [0, 0.05) is 22.7 Å². The van der Waals surface area contributed by atoms with Gasteiger partial charge in [0.1, 0.15) is 0 Å². The largest absolute Gasteiger partial charge is 0.312 e. The van der Waals surface area contributed by atoms with E-state index in [0.29, 0.717) is 5.92 Å². The predicted octanol–water partition coefficient (Wildman–Crippen LogP) is 4.10. The van der Waals surface area contributed by atoms with Crippen LogP contribution in [0.25, 0.3) is 0 Å². The molecule has 0 amide bonds. The summed E-state index contributed by atoms with van der Waals surface area (Å²) in [5.74, 6) is 0.428. The molecule has 0 fully saturated rings. The van der Waals surface area contributed by atoms with Crippen LogP contribution in [0.1, 0.15) is 40.1 Å². The van der Waals surface area contributed by atoms with Gasteiger partial charge in [-0.25, -0.2) is 0 Å². The minimum atomic E-state index is 0.266. The third-order valence-electron chi connectivity index (χ3n) is 3.92. The van der Waals surface area contributed by atoms with Gasteiger partial charge < -0.3 is 5.32 Å². The van der Waals surface area contributed by atoms with Crippen molar-refractivity contribution in [2.75, 3.05) is 7.05 Å². The van der Waals surface area contributed by atoms with Crippen LogP contribution in [0.15, 0.2) is 23.7 Å². The Morgan fingerprint density at radius 3 is 3.05 bits per heavy atom. The molecule has 0 radical (unpaired) electrons. The van der Waals surface area contributed by atoms with Gasteiger partial charge >= 0.3 is 0 Å². The van der Waals surface area contributed by atoms with E-state index in [2.05, 4.69) is 28.7 Å². The first-order valence-corrected chi connectivity index (χ1v) is 7.82. The smallest absolute Gasteiger partial charge is 0.0590 e. The van der Waals surface area contributed by atoms with Crippen LogP contribution in [-0.2, 0) is 6.42 Å². The van der Waals surface area contributed by atoms with Crippen molar-refractivity contribution in [2.45, 2.75) is 31.7 Å². The first kappa shape index (κ1) is 13.1. The van der Waals surface area contributed by atoms with Crippen molar-refractivity contribution < 1.29 is 0 Å². The zero-order chi connectivity index (χ0) is 13.4. The predicted molar refractivity (Wildman–Crippen MR) is 81.2 cm³/mol. The number of thiophene rings is 1. The highest BCUT2D eigenvalue weighted by Crippen LogP contribution is 2.44. The Labute approximate surface area is 122 Å². The molecule has 2 heterocycles. The van der Waals surface area contributed by atoms with Crippen LogP contribution in [0.5, 0.6) is 0 Å². The highest BCUT2D eigenvalue weighted by atomic mass is 35.5. The van der Waals surface area contributed by atoms with Crippen molar-refractivity contribution in [3.63, 3.8) is 0 Å². The number of likely N-dealkylation sites (N-methyl/N-ethyl adjacent to an activating group) is 1. The Morgan fingerprint density at radius 1 is 1.53 bits per heavy atom. The van der Waals surface area contributed by atoms with Crippen LogP contribution >= 0.6 is 22.9 Å². The summed E-state index contributed by atoms with van der Waals surface area (Å²) in [7, 11) is 2.01. The van der Waals surface area contributed by atoms with Crippen molar-refractivity contribution in [1.82, 2.24) is 10.3 Å². The number of rotatable bonds is 3. The molecule has 19 heavy (non-hydrogen) atoms. The molecule has 1 N–H and O–H groups in total. The second kappa shape index (κ2) is 5.23. The maximum absolute atomic E-state index is 6.44. The van der Waals surface area contributed by atoms with Crippen molar-refractivity contribution >= 4 is 22.9 Å². The van der Waals surface area contributed by atoms with Gasteiger partial charge in [-0.2, -0.15) is 0 Å². The number of nitrogens with one attached hydrogen (secondary N) is 1. The Morgan fingerprint density at radius 2 is 2.37 bits per heavy atom. The lowest BCUT2D eigenvalue weighted by Gasteiger charge is -2.22. The van der Waals surface area contributed by atoms with Crippen molar-refractivity contribution in [2.24, 2.45) is 0 Å². The van der Waals surface area contributed by atoms with E-state index >= 15 is 0 Å². The molecule has 0 saturated carbocycles. The third-order valence-corrected chi connectivity index (χ3v) is 5.72. The van der Waals surface area contributed by atoms with Crippen LogP contribution in [-0.4, -0.2) is 12.0 Å². The molecular formula is C15H17ClN2S. The van der Waals surface area contributed by atoms with Crippen LogP contribution in [0.3, 0.4) is 0 Å². The van der Waals surface area contributed by atoms with Crippen molar-refractivity contribution in [3.8, 4) is 0 Å². The van der Waals surface area contributed by atoms with Gasteiger partial charge in [-0.1, -0.05) is 17.7 Å². The lowest BCUT2D eigenvalue weighted by molar-refractivity contribution is 0.476. The molecule has 100 valence electrons. The molecule has 3 rings (SSSR count). The SMILES string of the molecule is CNC(c1scc(C)c1Cl)C1CCc2cccnc21. The highest BCUT2D eigenvalue weighted by Gasteiger charge is 2.33. The van der Waals surface area contributed by atoms with Gasteiger partial charge in [0.25, 0.3) is 0 Å². The molecule has 0 spiro atoms. The summed E-state index contributed by atoms with van der Waals surface area (Å²) < 4.78 is 0. The summed E-state index contributed by atoms with van der Waals surface area (Å²) in [6, 6.07) is 4.48. The second-order valence-electron chi connectivity index (χ2n) is 5.06. The molecule has 2 atom stereocenters. The fraction of sp³-hybridized carbons (Fsp3) is 0.400. The summed E-state index contributed by atoms with van der Waals surface area (Å²) in [6.45, 7) is 2.07. The van der Waals surface area contributed by atoms with Crippen LogP contribution in [0.4, 0.5) is 0 Å². The number of hydrogen-bond donors (Lipinski definition) is 1. The topological polar surface area (TPSA) is 24.9 Å². The van der Waals surface area contributed by atoms with Gasteiger partial charge in [-0.3, -0.25) is 4.98 Å². The van der Waals surface area contributed by atoms with Gasteiger partial charge in [-0.05, 0) is 49.4 Å². The minimum absolute atomic E-state index is 0.266. The zero-order valence-electron chi connectivity index (χ0n) is 11.1. The van der Waals surface area contributed by atoms with Crippen LogP contribution in [0, 0.1) is 6.92 Å². The molecular weight excluding hydrogens is 276 g/mol. The second-order valence-corrected chi connectivity index (χ2v) is 6.35. The Bertz CT molecular complexity index is 594. The molecule has 2 unspecified atom stereocenters. The van der Waals surface area contributed by atoms with E-state index in [0.717, 1.165) is 17.9 Å². The fourth-order valence-electron chi connectivity index (χ4n) is 2.94.